The number of pyridine rings is 1. The molecule has 0 fully saturated rings. The number of carbonyl (C=O) groups is 1. The maximum Gasteiger partial charge on any atom is 0.247 e. The predicted octanol–water partition coefficient (Wildman–Crippen LogP) is 5.37. The van der Waals surface area contributed by atoms with Gasteiger partial charge in [-0.05, 0) is 53.1 Å². The van der Waals surface area contributed by atoms with Gasteiger partial charge in [0.25, 0.3) is 0 Å². The largest absolute Gasteiger partial charge is 0.497 e. The van der Waals surface area contributed by atoms with Crippen LogP contribution in [0, 0.1) is 11.3 Å². The third-order valence-corrected chi connectivity index (χ3v) is 5.85. The number of aromatic nitrogens is 3. The van der Waals surface area contributed by atoms with E-state index in [4.69, 9.17) is 4.74 Å². The van der Waals surface area contributed by atoms with Gasteiger partial charge in [-0.2, -0.15) is 10.2 Å². The van der Waals surface area contributed by atoms with Crippen LogP contribution in [-0.2, 0) is 17.6 Å². The Morgan fingerprint density at radius 1 is 0.944 bits per heavy atom. The monoisotopic (exact) mass is 473 g/mol. The van der Waals surface area contributed by atoms with Crippen molar-refractivity contribution in [2.45, 2.75) is 12.8 Å². The second-order valence-electron chi connectivity index (χ2n) is 8.38. The second kappa shape index (κ2) is 10.1. The predicted molar refractivity (Wildman–Crippen MR) is 138 cm³/mol. The summed E-state index contributed by atoms with van der Waals surface area (Å²) in [5, 5.41) is 16.9. The van der Waals surface area contributed by atoms with E-state index in [1.807, 2.05) is 85.1 Å². The van der Waals surface area contributed by atoms with Gasteiger partial charge in [0.15, 0.2) is 5.65 Å². The molecule has 1 N–H and O–H groups in total. The minimum Gasteiger partial charge on any atom is -0.497 e. The molecule has 0 unspecified atom stereocenters. The van der Waals surface area contributed by atoms with E-state index in [2.05, 4.69) is 21.5 Å². The van der Waals surface area contributed by atoms with Gasteiger partial charge in [-0.25, -0.2) is 4.52 Å². The highest BCUT2D eigenvalue weighted by Gasteiger charge is 2.10. The van der Waals surface area contributed by atoms with Crippen molar-refractivity contribution in [3.63, 3.8) is 0 Å². The molecule has 5 aromatic rings. The van der Waals surface area contributed by atoms with Gasteiger partial charge in [0, 0.05) is 24.6 Å². The van der Waals surface area contributed by atoms with Crippen molar-refractivity contribution in [1.29, 1.82) is 5.26 Å². The molecule has 0 amide bonds. The Bertz CT molecular complexity index is 1580. The normalized spacial score (nSPS) is 10.7. The molecule has 7 heteroatoms. The smallest absolute Gasteiger partial charge is 0.247 e. The first-order chi connectivity index (χ1) is 17.6. The van der Waals surface area contributed by atoms with Crippen molar-refractivity contribution in [1.82, 2.24) is 14.6 Å². The summed E-state index contributed by atoms with van der Waals surface area (Å²) in [5.41, 5.74) is 5.78. The average Bonchev–Trinajstić information content (AvgIpc) is 3.31. The fourth-order valence-corrected chi connectivity index (χ4v) is 4.03. The lowest BCUT2D eigenvalue weighted by Crippen LogP contribution is -2.06. The number of nitrogens with zero attached hydrogens (tertiary/aromatic N) is 4. The molecule has 2 aromatic heterocycles. The molecular formula is C29H23N5O2. The lowest BCUT2D eigenvalue weighted by Gasteiger charge is -2.06. The number of fused-ring (bicyclic) bond motifs is 1. The summed E-state index contributed by atoms with van der Waals surface area (Å²) in [6.07, 6.45) is 2.66. The fourth-order valence-electron chi connectivity index (χ4n) is 4.03. The standard InChI is InChI=1S/C29H23N5O2/c1-36-26-7-4-5-21(17-26)16-25(35)15-20-9-11-22(12-10-20)24-13-14-28-32-29(33-34(28)19-24)31-27-8-3-2-6-23(27)18-30/h2-14,17,19H,15-16H2,1H3,(H,31,33). The van der Waals surface area contributed by atoms with E-state index >= 15 is 0 Å². The molecule has 0 saturated heterocycles. The van der Waals surface area contributed by atoms with Gasteiger partial charge in [-0.3, -0.25) is 4.79 Å². The van der Waals surface area contributed by atoms with Crippen LogP contribution in [0.5, 0.6) is 5.75 Å². The van der Waals surface area contributed by atoms with Gasteiger partial charge in [0.2, 0.25) is 5.95 Å². The summed E-state index contributed by atoms with van der Waals surface area (Å²) >= 11 is 0. The van der Waals surface area contributed by atoms with Gasteiger partial charge < -0.3 is 10.1 Å². The van der Waals surface area contributed by atoms with Gasteiger partial charge in [0.1, 0.15) is 17.6 Å². The summed E-state index contributed by atoms with van der Waals surface area (Å²) in [5.74, 6) is 1.32. The third-order valence-electron chi connectivity index (χ3n) is 5.85. The second-order valence-corrected chi connectivity index (χ2v) is 8.38. The van der Waals surface area contributed by atoms with Gasteiger partial charge >= 0.3 is 0 Å². The van der Waals surface area contributed by atoms with Crippen LogP contribution >= 0.6 is 0 Å². The Balaban J connectivity index is 1.28. The van der Waals surface area contributed by atoms with Crippen molar-refractivity contribution in [3.05, 3.63) is 108 Å². The Hall–Kier alpha value is -4.96. The Morgan fingerprint density at radius 2 is 1.72 bits per heavy atom. The number of para-hydroxylation sites is 1. The van der Waals surface area contributed by atoms with E-state index in [0.717, 1.165) is 28.0 Å². The topological polar surface area (TPSA) is 92.3 Å². The highest BCUT2D eigenvalue weighted by atomic mass is 16.5. The maximum absolute atomic E-state index is 12.6. The summed E-state index contributed by atoms with van der Waals surface area (Å²) in [7, 11) is 1.62. The van der Waals surface area contributed by atoms with E-state index in [1.54, 1.807) is 17.7 Å². The summed E-state index contributed by atoms with van der Waals surface area (Å²) < 4.78 is 6.94. The fraction of sp³-hybridized carbons (Fsp3) is 0.103. The van der Waals surface area contributed by atoms with Crippen LogP contribution in [0.25, 0.3) is 16.8 Å². The van der Waals surface area contributed by atoms with E-state index in [0.29, 0.717) is 35.7 Å². The van der Waals surface area contributed by atoms with E-state index < -0.39 is 0 Å². The van der Waals surface area contributed by atoms with Crippen molar-refractivity contribution < 1.29 is 9.53 Å². The summed E-state index contributed by atoms with van der Waals surface area (Å²) in [4.78, 5) is 17.1. The Kier molecular flexibility index (Phi) is 6.41. The number of rotatable bonds is 8. The average molecular weight is 474 g/mol. The van der Waals surface area contributed by atoms with E-state index in [9.17, 15) is 10.1 Å². The van der Waals surface area contributed by atoms with Gasteiger partial charge in [-0.1, -0.05) is 48.5 Å². The number of nitrogens with one attached hydrogen (secondary N) is 1. The zero-order valence-electron chi connectivity index (χ0n) is 19.7. The molecule has 0 aliphatic heterocycles. The Labute approximate surface area is 208 Å². The van der Waals surface area contributed by atoms with Crippen LogP contribution in [-0.4, -0.2) is 27.5 Å². The van der Waals surface area contributed by atoms with Crippen LogP contribution in [0.15, 0.2) is 91.1 Å². The van der Waals surface area contributed by atoms with Gasteiger partial charge in [0.05, 0.1) is 18.4 Å². The molecule has 36 heavy (non-hydrogen) atoms. The van der Waals surface area contributed by atoms with Crippen LogP contribution in [0.4, 0.5) is 11.6 Å². The SMILES string of the molecule is COc1cccc(CC(=O)Cc2ccc(-c3ccc4nc(Nc5ccccc5C#N)nn4c3)cc2)c1. The highest BCUT2D eigenvalue weighted by Crippen LogP contribution is 2.23. The lowest BCUT2D eigenvalue weighted by molar-refractivity contribution is -0.117. The molecule has 2 heterocycles. The minimum atomic E-state index is 0.151. The lowest BCUT2D eigenvalue weighted by atomic mass is 10.00. The molecule has 0 bridgehead atoms. The molecule has 0 atom stereocenters. The molecule has 0 aliphatic carbocycles. The number of anilines is 2. The molecule has 176 valence electrons. The number of ketones is 1. The van der Waals surface area contributed by atoms with Crippen LogP contribution in [0.1, 0.15) is 16.7 Å². The van der Waals surface area contributed by atoms with Crippen molar-refractivity contribution in [3.8, 4) is 22.9 Å². The number of methoxy groups -OCH3 is 1. The minimum absolute atomic E-state index is 0.151. The van der Waals surface area contributed by atoms with Crippen molar-refractivity contribution >= 4 is 23.1 Å². The first-order valence-corrected chi connectivity index (χ1v) is 11.5. The number of hydrogen-bond donors (Lipinski definition) is 1. The number of carbonyl (C=O) groups excluding carboxylic acids is 1. The number of Topliss-reactive ketones (excluding diaryl/α,β-unsaturated/α-hetero) is 1. The highest BCUT2D eigenvalue weighted by molar-refractivity contribution is 5.83. The van der Waals surface area contributed by atoms with Gasteiger partial charge in [-0.15, -0.1) is 5.10 Å². The summed E-state index contributed by atoms with van der Waals surface area (Å²) in [6, 6.07) is 28.9. The molecule has 3 aromatic carbocycles. The van der Waals surface area contributed by atoms with Crippen LogP contribution < -0.4 is 10.1 Å². The Morgan fingerprint density at radius 3 is 2.53 bits per heavy atom. The van der Waals surface area contributed by atoms with Crippen molar-refractivity contribution in [2.24, 2.45) is 0 Å². The quantitative estimate of drug-likeness (QED) is 0.326. The van der Waals surface area contributed by atoms with Crippen LogP contribution in [0.3, 0.4) is 0 Å². The first kappa shape index (κ1) is 22.8. The number of ether oxygens (including phenoxy) is 1. The van der Waals surface area contributed by atoms with Crippen molar-refractivity contribution in [2.75, 3.05) is 12.4 Å². The number of hydrogen-bond acceptors (Lipinski definition) is 6. The molecule has 0 radical (unpaired) electrons. The number of benzene rings is 3. The molecule has 7 nitrogen and oxygen atoms in total. The maximum atomic E-state index is 12.6. The third kappa shape index (κ3) is 5.08. The number of nitriles is 1. The van der Waals surface area contributed by atoms with E-state index in [-0.39, 0.29) is 5.78 Å². The molecule has 0 spiro atoms. The van der Waals surface area contributed by atoms with E-state index in [1.165, 1.54) is 0 Å². The molecule has 0 saturated carbocycles. The molecule has 0 aliphatic rings. The zero-order chi connectivity index (χ0) is 24.9. The zero-order valence-corrected chi connectivity index (χ0v) is 19.7. The molecular weight excluding hydrogens is 450 g/mol. The van der Waals surface area contributed by atoms with Crippen LogP contribution in [0.2, 0.25) is 0 Å². The first-order valence-electron chi connectivity index (χ1n) is 11.5. The molecule has 5 rings (SSSR count). The summed E-state index contributed by atoms with van der Waals surface area (Å²) in [6.45, 7) is 0.